The van der Waals surface area contributed by atoms with Crippen molar-refractivity contribution in [2.75, 3.05) is 12.3 Å². The summed E-state index contributed by atoms with van der Waals surface area (Å²) in [6.45, 7) is 0.834. The van der Waals surface area contributed by atoms with Crippen LogP contribution >= 0.6 is 11.6 Å². The Morgan fingerprint density at radius 3 is 2.31 bits per heavy atom. The molecule has 1 aromatic rings. The monoisotopic (exact) mass is 265 g/mol. The molecule has 0 saturated heterocycles. The van der Waals surface area contributed by atoms with E-state index in [9.17, 15) is 12.8 Å². The van der Waals surface area contributed by atoms with Crippen molar-refractivity contribution >= 4 is 21.4 Å². The molecule has 1 atom stereocenters. The summed E-state index contributed by atoms with van der Waals surface area (Å²) in [4.78, 5) is 0.0502. The average molecular weight is 266 g/mol. The van der Waals surface area contributed by atoms with Crippen molar-refractivity contribution < 1.29 is 12.8 Å². The molecular formula is C10H13ClFNO2S. The third kappa shape index (κ3) is 3.43. The van der Waals surface area contributed by atoms with Gasteiger partial charge in [0.1, 0.15) is 5.67 Å². The third-order valence-electron chi connectivity index (χ3n) is 2.09. The fourth-order valence-corrected chi connectivity index (χ4v) is 2.93. The second-order valence-corrected chi connectivity index (χ2v) is 6.26. The quantitative estimate of drug-likeness (QED) is 0.903. The zero-order chi connectivity index (χ0) is 12.4. The smallest absolute Gasteiger partial charge is 0.181 e. The summed E-state index contributed by atoms with van der Waals surface area (Å²) in [6.07, 6.45) is 0. The maximum atomic E-state index is 13.5. The Labute approximate surface area is 99.3 Å². The Bertz CT molecular complexity index is 456. The van der Waals surface area contributed by atoms with E-state index >= 15 is 0 Å². The number of benzene rings is 1. The van der Waals surface area contributed by atoms with Gasteiger partial charge in [-0.1, -0.05) is 11.6 Å². The molecule has 1 rings (SSSR count). The van der Waals surface area contributed by atoms with Crippen molar-refractivity contribution in [2.45, 2.75) is 17.5 Å². The van der Waals surface area contributed by atoms with E-state index in [1.165, 1.54) is 31.2 Å². The lowest BCUT2D eigenvalue weighted by Gasteiger charge is -2.17. The first-order chi connectivity index (χ1) is 7.27. The highest BCUT2D eigenvalue weighted by Gasteiger charge is 2.30. The molecule has 90 valence electrons. The van der Waals surface area contributed by atoms with Gasteiger partial charge in [0, 0.05) is 11.6 Å². The van der Waals surface area contributed by atoms with Crippen LogP contribution in [0.25, 0.3) is 0 Å². The van der Waals surface area contributed by atoms with Crippen LogP contribution in [0.5, 0.6) is 0 Å². The van der Waals surface area contributed by atoms with Gasteiger partial charge in [0.25, 0.3) is 0 Å². The molecular weight excluding hydrogens is 253 g/mol. The van der Waals surface area contributed by atoms with Gasteiger partial charge in [0.15, 0.2) is 9.84 Å². The number of halogens is 2. The molecule has 1 unspecified atom stereocenters. The van der Waals surface area contributed by atoms with Gasteiger partial charge < -0.3 is 5.73 Å². The number of sulfone groups is 1. The molecule has 0 fully saturated rings. The van der Waals surface area contributed by atoms with Gasteiger partial charge in [-0.15, -0.1) is 0 Å². The Balaban J connectivity index is 2.99. The molecule has 0 spiro atoms. The molecule has 1 aromatic carbocycles. The lowest BCUT2D eigenvalue weighted by atomic mass is 10.2. The van der Waals surface area contributed by atoms with Gasteiger partial charge in [-0.25, -0.2) is 12.8 Å². The summed E-state index contributed by atoms with van der Waals surface area (Å²) in [5.74, 6) is -0.627. The summed E-state index contributed by atoms with van der Waals surface area (Å²) >= 11 is 5.63. The average Bonchev–Trinajstić information content (AvgIpc) is 2.17. The van der Waals surface area contributed by atoms with Crippen LogP contribution in [-0.2, 0) is 9.84 Å². The number of hydrogen-bond acceptors (Lipinski definition) is 3. The first-order valence-corrected chi connectivity index (χ1v) is 6.67. The molecule has 0 amide bonds. The van der Waals surface area contributed by atoms with Gasteiger partial charge >= 0.3 is 0 Å². The Morgan fingerprint density at radius 1 is 1.38 bits per heavy atom. The van der Waals surface area contributed by atoms with Crippen molar-refractivity contribution in [3.8, 4) is 0 Å². The molecule has 0 saturated carbocycles. The van der Waals surface area contributed by atoms with Crippen LogP contribution in [0.15, 0.2) is 29.2 Å². The summed E-state index contributed by atoms with van der Waals surface area (Å²) in [6, 6.07) is 5.60. The first kappa shape index (κ1) is 13.4. The fraction of sp³-hybridized carbons (Fsp3) is 0.400. The van der Waals surface area contributed by atoms with Gasteiger partial charge in [0.05, 0.1) is 10.6 Å². The van der Waals surface area contributed by atoms with E-state index in [0.29, 0.717) is 5.02 Å². The zero-order valence-corrected chi connectivity index (χ0v) is 10.4. The maximum Gasteiger partial charge on any atom is 0.181 e. The summed E-state index contributed by atoms with van der Waals surface area (Å²) in [7, 11) is -3.66. The molecule has 0 heterocycles. The van der Waals surface area contributed by atoms with Crippen molar-refractivity contribution in [3.05, 3.63) is 29.3 Å². The number of hydrogen-bond donors (Lipinski definition) is 1. The van der Waals surface area contributed by atoms with Crippen molar-refractivity contribution in [3.63, 3.8) is 0 Å². The predicted molar refractivity (Wildman–Crippen MR) is 62.1 cm³/mol. The van der Waals surface area contributed by atoms with Gasteiger partial charge in [-0.3, -0.25) is 0 Å². The number of alkyl halides is 1. The van der Waals surface area contributed by atoms with Crippen LogP contribution in [0.2, 0.25) is 5.02 Å². The summed E-state index contributed by atoms with van der Waals surface area (Å²) < 4.78 is 37.1. The lowest BCUT2D eigenvalue weighted by molar-refractivity contribution is 0.231. The Morgan fingerprint density at radius 2 is 1.88 bits per heavy atom. The van der Waals surface area contributed by atoms with E-state index in [1.54, 1.807) is 0 Å². The van der Waals surface area contributed by atoms with Crippen LogP contribution < -0.4 is 5.73 Å². The zero-order valence-electron chi connectivity index (χ0n) is 8.78. The minimum absolute atomic E-state index is 0.0502. The predicted octanol–water partition coefficient (Wildman–Crippen LogP) is 1.80. The highest BCUT2D eigenvalue weighted by molar-refractivity contribution is 7.91. The van der Waals surface area contributed by atoms with E-state index < -0.39 is 21.3 Å². The molecule has 6 heteroatoms. The molecule has 0 aromatic heterocycles. The van der Waals surface area contributed by atoms with Crippen molar-refractivity contribution in [2.24, 2.45) is 5.73 Å². The second-order valence-electron chi connectivity index (χ2n) is 3.83. The lowest BCUT2D eigenvalue weighted by Crippen LogP contribution is -2.37. The minimum atomic E-state index is -3.66. The fourth-order valence-electron chi connectivity index (χ4n) is 1.18. The number of rotatable bonds is 4. The van der Waals surface area contributed by atoms with E-state index in [1.807, 2.05) is 0 Å². The van der Waals surface area contributed by atoms with Gasteiger partial charge in [0.2, 0.25) is 0 Å². The normalized spacial score (nSPS) is 15.8. The molecule has 3 nitrogen and oxygen atoms in total. The highest BCUT2D eigenvalue weighted by atomic mass is 35.5. The minimum Gasteiger partial charge on any atom is -0.328 e. The van der Waals surface area contributed by atoms with Gasteiger partial charge in [-0.2, -0.15) is 0 Å². The Hall–Kier alpha value is -0.650. The van der Waals surface area contributed by atoms with Crippen molar-refractivity contribution in [1.29, 1.82) is 0 Å². The largest absolute Gasteiger partial charge is 0.328 e. The molecule has 0 aliphatic heterocycles. The van der Waals surface area contributed by atoms with Crippen LogP contribution in [0.1, 0.15) is 6.92 Å². The maximum absolute atomic E-state index is 13.5. The summed E-state index contributed by atoms with van der Waals surface area (Å²) in [5, 5.41) is 0.431. The summed E-state index contributed by atoms with van der Waals surface area (Å²) in [5.41, 5.74) is 3.24. The third-order valence-corrected chi connectivity index (χ3v) is 4.31. The SMILES string of the molecule is CC(F)(CN)CS(=O)(=O)c1ccc(Cl)cc1. The Kier molecular flexibility index (Phi) is 3.93. The molecule has 0 bridgehead atoms. The topological polar surface area (TPSA) is 60.2 Å². The molecule has 16 heavy (non-hydrogen) atoms. The molecule has 2 N–H and O–H groups in total. The molecule has 0 aliphatic rings. The standard InChI is InChI=1S/C10H13ClFNO2S/c1-10(12,6-13)7-16(14,15)9-4-2-8(11)3-5-9/h2-5H,6-7,13H2,1H3. The van der Waals surface area contributed by atoms with E-state index in [-0.39, 0.29) is 11.4 Å². The molecule has 0 radical (unpaired) electrons. The van der Waals surface area contributed by atoms with Crippen LogP contribution in [0.3, 0.4) is 0 Å². The van der Waals surface area contributed by atoms with Crippen LogP contribution in [0, 0.1) is 0 Å². The van der Waals surface area contributed by atoms with Crippen LogP contribution in [0.4, 0.5) is 4.39 Å². The van der Waals surface area contributed by atoms with Gasteiger partial charge in [-0.05, 0) is 31.2 Å². The van der Waals surface area contributed by atoms with Crippen LogP contribution in [-0.4, -0.2) is 26.4 Å². The number of nitrogens with two attached hydrogens (primary N) is 1. The second kappa shape index (κ2) is 4.69. The van der Waals surface area contributed by atoms with E-state index in [0.717, 1.165) is 0 Å². The highest BCUT2D eigenvalue weighted by Crippen LogP contribution is 2.20. The first-order valence-electron chi connectivity index (χ1n) is 4.64. The van der Waals surface area contributed by atoms with E-state index in [2.05, 4.69) is 0 Å². The molecule has 0 aliphatic carbocycles. The van der Waals surface area contributed by atoms with E-state index in [4.69, 9.17) is 17.3 Å². The van der Waals surface area contributed by atoms with Crippen molar-refractivity contribution in [1.82, 2.24) is 0 Å².